The Hall–Kier alpha value is -3.92. The fourth-order valence-electron chi connectivity index (χ4n) is 4.41. The monoisotopic (exact) mass is 526 g/mol. The number of aryl methyl sites for hydroxylation is 1. The van der Waals surface area contributed by atoms with Crippen LogP contribution in [-0.2, 0) is 35.2 Å². The summed E-state index contributed by atoms with van der Waals surface area (Å²) in [6.45, 7) is 1.99. The standard InChI is InChI=1S/C28H29F3N4O3/c1-3-26(36)35-25-15-24(8-9-33-25)38-23-7-6-18-4-5-19(12-20(18)13-23)27(37)34-22-11-17(16-32-2)10-21(14-22)28(29,30)31/h6-11,13-15,19,32H,3-5,12,16H2,1-2H3,(H,34,37)(H,33,35,36). The lowest BCUT2D eigenvalue weighted by atomic mass is 9.83. The molecule has 2 aromatic carbocycles. The maximum Gasteiger partial charge on any atom is 0.416 e. The van der Waals surface area contributed by atoms with Crippen LogP contribution in [0.3, 0.4) is 0 Å². The molecule has 1 aliphatic rings. The number of fused-ring (bicyclic) bond motifs is 1. The maximum absolute atomic E-state index is 13.4. The number of halogens is 3. The van der Waals surface area contributed by atoms with Crippen molar-refractivity contribution >= 4 is 23.3 Å². The van der Waals surface area contributed by atoms with Gasteiger partial charge in [0.2, 0.25) is 11.8 Å². The Morgan fingerprint density at radius 3 is 2.55 bits per heavy atom. The highest BCUT2D eigenvalue weighted by atomic mass is 19.4. The zero-order valence-electron chi connectivity index (χ0n) is 21.1. The third-order valence-electron chi connectivity index (χ3n) is 6.30. The molecule has 4 rings (SSSR count). The Morgan fingerprint density at radius 2 is 1.82 bits per heavy atom. The summed E-state index contributed by atoms with van der Waals surface area (Å²) in [4.78, 5) is 28.8. The SMILES string of the molecule is CCC(=O)Nc1cc(Oc2ccc3c(c2)CC(C(=O)Nc2cc(CNC)cc(C(F)(F)F)c2)CC3)ccn1. The van der Waals surface area contributed by atoms with E-state index >= 15 is 0 Å². The van der Waals surface area contributed by atoms with E-state index in [9.17, 15) is 22.8 Å². The number of aromatic nitrogens is 1. The Morgan fingerprint density at radius 1 is 1.03 bits per heavy atom. The van der Waals surface area contributed by atoms with Crippen LogP contribution in [0.4, 0.5) is 24.7 Å². The van der Waals surface area contributed by atoms with E-state index in [2.05, 4.69) is 20.9 Å². The van der Waals surface area contributed by atoms with E-state index in [1.54, 1.807) is 32.2 Å². The smallest absolute Gasteiger partial charge is 0.416 e. The van der Waals surface area contributed by atoms with Gasteiger partial charge in [-0.1, -0.05) is 13.0 Å². The number of carbonyl (C=O) groups excluding carboxylic acids is 2. The average molecular weight is 527 g/mol. The number of alkyl halides is 3. The molecule has 200 valence electrons. The van der Waals surface area contributed by atoms with Crippen LogP contribution < -0.4 is 20.7 Å². The van der Waals surface area contributed by atoms with Crippen molar-refractivity contribution in [1.82, 2.24) is 10.3 Å². The van der Waals surface area contributed by atoms with Crippen molar-refractivity contribution in [3.05, 3.63) is 77.0 Å². The van der Waals surface area contributed by atoms with Crippen LogP contribution >= 0.6 is 0 Å². The summed E-state index contributed by atoms with van der Waals surface area (Å²) >= 11 is 0. The van der Waals surface area contributed by atoms with Crippen LogP contribution in [0.1, 0.15) is 42.0 Å². The lowest BCUT2D eigenvalue weighted by Crippen LogP contribution is -2.28. The highest BCUT2D eigenvalue weighted by Gasteiger charge is 2.32. The van der Waals surface area contributed by atoms with Gasteiger partial charge in [0.05, 0.1) is 5.56 Å². The first kappa shape index (κ1) is 27.1. The van der Waals surface area contributed by atoms with Crippen molar-refractivity contribution in [2.45, 2.75) is 45.3 Å². The zero-order chi connectivity index (χ0) is 27.3. The van der Waals surface area contributed by atoms with Crippen LogP contribution in [0.15, 0.2) is 54.7 Å². The summed E-state index contributed by atoms with van der Waals surface area (Å²) in [5, 5.41) is 8.22. The largest absolute Gasteiger partial charge is 0.457 e. The average Bonchev–Trinajstić information content (AvgIpc) is 2.88. The number of anilines is 2. The molecule has 1 unspecified atom stereocenters. The minimum atomic E-state index is -4.51. The number of rotatable bonds is 8. The molecule has 2 amide bonds. The first-order chi connectivity index (χ1) is 18.1. The van der Waals surface area contributed by atoms with Gasteiger partial charge in [0.25, 0.3) is 0 Å². The maximum atomic E-state index is 13.4. The second kappa shape index (κ2) is 11.6. The molecule has 0 bridgehead atoms. The van der Waals surface area contributed by atoms with E-state index in [1.165, 1.54) is 6.20 Å². The zero-order valence-corrected chi connectivity index (χ0v) is 21.1. The van der Waals surface area contributed by atoms with Crippen LogP contribution in [0.5, 0.6) is 11.5 Å². The Kier molecular flexibility index (Phi) is 8.31. The van der Waals surface area contributed by atoms with E-state index in [0.29, 0.717) is 48.6 Å². The number of benzene rings is 2. The predicted octanol–water partition coefficient (Wildman–Crippen LogP) is 5.70. The summed E-state index contributed by atoms with van der Waals surface area (Å²) in [5.41, 5.74) is 1.80. The first-order valence-electron chi connectivity index (χ1n) is 12.4. The lowest BCUT2D eigenvalue weighted by Gasteiger charge is -2.25. The summed E-state index contributed by atoms with van der Waals surface area (Å²) in [7, 11) is 1.65. The van der Waals surface area contributed by atoms with Crippen molar-refractivity contribution < 1.29 is 27.5 Å². The van der Waals surface area contributed by atoms with Crippen molar-refractivity contribution in [2.75, 3.05) is 17.7 Å². The first-order valence-corrected chi connectivity index (χ1v) is 12.4. The van der Waals surface area contributed by atoms with Gasteiger partial charge < -0.3 is 20.7 Å². The van der Waals surface area contributed by atoms with E-state index in [1.807, 2.05) is 18.2 Å². The highest BCUT2D eigenvalue weighted by molar-refractivity contribution is 5.93. The molecular formula is C28H29F3N4O3. The van der Waals surface area contributed by atoms with Crippen LogP contribution in [-0.4, -0.2) is 23.8 Å². The molecule has 1 atom stereocenters. The predicted molar refractivity (Wildman–Crippen MR) is 138 cm³/mol. The number of amides is 2. The number of pyridine rings is 1. The van der Waals surface area contributed by atoms with E-state index in [0.717, 1.165) is 23.3 Å². The molecule has 3 aromatic rings. The third-order valence-corrected chi connectivity index (χ3v) is 6.30. The molecule has 7 nitrogen and oxygen atoms in total. The molecule has 1 aliphatic carbocycles. The van der Waals surface area contributed by atoms with Gasteiger partial charge in [-0.3, -0.25) is 9.59 Å². The number of nitrogens with zero attached hydrogens (tertiary/aromatic N) is 1. The molecule has 0 spiro atoms. The highest BCUT2D eigenvalue weighted by Crippen LogP contribution is 2.34. The molecule has 1 aromatic heterocycles. The number of hydrogen-bond donors (Lipinski definition) is 3. The second-order valence-electron chi connectivity index (χ2n) is 9.19. The van der Waals surface area contributed by atoms with Crippen molar-refractivity contribution in [2.24, 2.45) is 5.92 Å². The van der Waals surface area contributed by atoms with Gasteiger partial charge in [0.1, 0.15) is 17.3 Å². The summed E-state index contributed by atoms with van der Waals surface area (Å²) in [5.74, 6) is 0.586. The lowest BCUT2D eigenvalue weighted by molar-refractivity contribution is -0.137. The molecule has 10 heteroatoms. The van der Waals surface area contributed by atoms with Gasteiger partial charge >= 0.3 is 6.18 Å². The van der Waals surface area contributed by atoms with Crippen LogP contribution in [0, 0.1) is 5.92 Å². The Labute approximate surface area is 218 Å². The quantitative estimate of drug-likeness (QED) is 0.350. The molecule has 0 aliphatic heterocycles. The fourth-order valence-corrected chi connectivity index (χ4v) is 4.41. The second-order valence-corrected chi connectivity index (χ2v) is 9.19. The van der Waals surface area contributed by atoms with Crippen LogP contribution in [0.2, 0.25) is 0 Å². The molecule has 0 fully saturated rings. The van der Waals surface area contributed by atoms with Gasteiger partial charge in [-0.2, -0.15) is 13.2 Å². The van der Waals surface area contributed by atoms with Crippen LogP contribution in [0.25, 0.3) is 0 Å². The van der Waals surface area contributed by atoms with Gasteiger partial charge in [0, 0.05) is 36.8 Å². The number of nitrogens with one attached hydrogen (secondary N) is 3. The Bertz CT molecular complexity index is 1330. The molecule has 1 heterocycles. The van der Waals surface area contributed by atoms with E-state index < -0.39 is 17.7 Å². The van der Waals surface area contributed by atoms with E-state index in [-0.39, 0.29) is 24.0 Å². The van der Waals surface area contributed by atoms with Gasteiger partial charge in [-0.15, -0.1) is 0 Å². The minimum absolute atomic E-state index is 0.126. The van der Waals surface area contributed by atoms with Crippen molar-refractivity contribution in [3.63, 3.8) is 0 Å². The summed E-state index contributed by atoms with van der Waals surface area (Å²) in [6, 6.07) is 12.6. The summed E-state index contributed by atoms with van der Waals surface area (Å²) < 4.78 is 46.1. The molecule has 0 saturated carbocycles. The number of hydrogen-bond acceptors (Lipinski definition) is 5. The van der Waals surface area contributed by atoms with Crippen molar-refractivity contribution in [1.29, 1.82) is 0 Å². The Balaban J connectivity index is 1.46. The van der Waals surface area contributed by atoms with Gasteiger partial charge in [0.15, 0.2) is 0 Å². The summed E-state index contributed by atoms with van der Waals surface area (Å²) in [6.07, 6.45) is -0.947. The molecular weight excluding hydrogens is 497 g/mol. The number of ether oxygens (including phenoxy) is 1. The van der Waals surface area contributed by atoms with E-state index in [4.69, 9.17) is 4.74 Å². The third kappa shape index (κ3) is 6.89. The van der Waals surface area contributed by atoms with Crippen molar-refractivity contribution in [3.8, 4) is 11.5 Å². The normalized spacial score (nSPS) is 14.9. The minimum Gasteiger partial charge on any atom is -0.457 e. The molecule has 3 N–H and O–H groups in total. The van der Waals surface area contributed by atoms with Gasteiger partial charge in [-0.05, 0) is 79.4 Å². The topological polar surface area (TPSA) is 92.3 Å². The van der Waals surface area contributed by atoms with Gasteiger partial charge in [-0.25, -0.2) is 4.98 Å². The number of carbonyl (C=O) groups is 2. The molecule has 0 radical (unpaired) electrons. The molecule has 38 heavy (non-hydrogen) atoms. The fraction of sp³-hybridized carbons (Fsp3) is 0.321. The molecule has 0 saturated heterocycles.